The van der Waals surface area contributed by atoms with Crippen LogP contribution in [0.25, 0.3) is 0 Å². The highest BCUT2D eigenvalue weighted by Crippen LogP contribution is 2.38. The average molecular weight is 461 g/mol. The van der Waals surface area contributed by atoms with Crippen LogP contribution >= 0.6 is 0 Å². The van der Waals surface area contributed by atoms with Gasteiger partial charge >= 0.3 is 0 Å². The number of allylic oxidation sites excluding steroid dienone is 2. The molecule has 1 aliphatic heterocycles. The lowest BCUT2D eigenvalue weighted by Crippen LogP contribution is -2.50. The van der Waals surface area contributed by atoms with Crippen molar-refractivity contribution in [3.05, 3.63) is 54.6 Å². The molecular weight excluding hydrogens is 416 g/mol. The van der Waals surface area contributed by atoms with Gasteiger partial charge in [0, 0.05) is 17.4 Å². The van der Waals surface area contributed by atoms with Crippen LogP contribution in [-0.4, -0.2) is 34.2 Å². The molecule has 0 aliphatic carbocycles. The predicted molar refractivity (Wildman–Crippen MR) is 135 cm³/mol. The van der Waals surface area contributed by atoms with Crippen LogP contribution < -0.4 is 4.74 Å². The normalized spacial score (nSPS) is 24.8. The monoisotopic (exact) mass is 460 g/mol. The molecule has 0 N–H and O–H groups in total. The van der Waals surface area contributed by atoms with E-state index in [-0.39, 0.29) is 30.3 Å². The molecule has 180 valence electrons. The Morgan fingerprint density at radius 2 is 1.75 bits per heavy atom. The second-order valence-corrected chi connectivity index (χ2v) is 13.9. The molecular formula is C27H44O4Si. The molecule has 0 radical (unpaired) electrons. The number of ether oxygens (including phenoxy) is 3. The molecule has 1 heterocycles. The van der Waals surface area contributed by atoms with Crippen LogP contribution in [0.5, 0.6) is 5.75 Å². The Labute approximate surface area is 197 Å². The lowest BCUT2D eigenvalue weighted by Gasteiger charge is -2.44. The minimum atomic E-state index is -1.78. The van der Waals surface area contributed by atoms with E-state index < -0.39 is 8.32 Å². The van der Waals surface area contributed by atoms with Gasteiger partial charge in [0.15, 0.2) is 14.6 Å². The molecule has 0 bridgehead atoms. The van der Waals surface area contributed by atoms with Crippen molar-refractivity contribution in [2.24, 2.45) is 17.8 Å². The first-order chi connectivity index (χ1) is 15.3. The molecule has 5 unspecified atom stereocenters. The van der Waals surface area contributed by atoms with Crippen molar-refractivity contribution in [1.29, 1.82) is 0 Å². The summed E-state index contributed by atoms with van der Waals surface area (Å²) in [6.07, 6.45) is 5.89. The van der Waals surface area contributed by atoms with E-state index in [1.165, 1.54) is 0 Å². The van der Waals surface area contributed by atoms with Crippen molar-refractivity contribution in [2.75, 3.05) is 13.7 Å². The number of rotatable bonds is 12. The van der Waals surface area contributed by atoms with Crippen molar-refractivity contribution in [2.45, 2.75) is 78.2 Å². The van der Waals surface area contributed by atoms with Gasteiger partial charge in [0.2, 0.25) is 0 Å². The first-order valence-corrected chi connectivity index (χ1v) is 14.8. The third-order valence-electron chi connectivity index (χ3n) is 7.16. The van der Waals surface area contributed by atoms with Crippen LogP contribution in [0, 0.1) is 17.8 Å². The molecule has 1 fully saturated rings. The summed E-state index contributed by atoms with van der Waals surface area (Å²) in [5.74, 6) is 1.63. The molecule has 0 spiro atoms. The van der Waals surface area contributed by atoms with Crippen LogP contribution in [0.15, 0.2) is 49.1 Å². The zero-order chi connectivity index (χ0) is 23.7. The average Bonchev–Trinajstić information content (AvgIpc) is 2.84. The fraction of sp³-hybridized carbons (Fsp3) is 0.630. The van der Waals surface area contributed by atoms with E-state index in [0.29, 0.717) is 12.5 Å². The van der Waals surface area contributed by atoms with Crippen molar-refractivity contribution in [1.82, 2.24) is 0 Å². The Balaban J connectivity index is 2.28. The van der Waals surface area contributed by atoms with Crippen molar-refractivity contribution in [3.63, 3.8) is 0 Å². The second kappa shape index (κ2) is 12.7. The maximum Gasteiger partial charge on any atom is 0.192 e. The molecule has 1 saturated heterocycles. The summed E-state index contributed by atoms with van der Waals surface area (Å²) in [5.41, 5.74) is 1.02. The largest absolute Gasteiger partial charge is 0.497 e. The highest BCUT2D eigenvalue weighted by molar-refractivity contribution is 6.73. The van der Waals surface area contributed by atoms with Gasteiger partial charge in [-0.05, 0) is 36.2 Å². The Morgan fingerprint density at radius 3 is 2.28 bits per heavy atom. The molecule has 6 atom stereocenters. The van der Waals surface area contributed by atoms with Crippen molar-refractivity contribution < 1.29 is 18.6 Å². The lowest BCUT2D eigenvalue weighted by atomic mass is 9.83. The Hall–Kier alpha value is -1.40. The van der Waals surface area contributed by atoms with Crippen LogP contribution in [0.2, 0.25) is 18.1 Å². The predicted octanol–water partition coefficient (Wildman–Crippen LogP) is 7.15. The zero-order valence-electron chi connectivity index (χ0n) is 21.2. The minimum Gasteiger partial charge on any atom is -0.497 e. The van der Waals surface area contributed by atoms with E-state index in [0.717, 1.165) is 29.4 Å². The SMILES string of the molecule is C=C/C=C\[C@H](C)C(O[Si](CC)(CC)CC)C(C)C1OC(c2ccc(OC)cc2)OCC1C. The number of hydrogen-bond donors (Lipinski definition) is 0. The summed E-state index contributed by atoms with van der Waals surface area (Å²) in [6.45, 7) is 18.2. The second-order valence-electron chi connectivity index (χ2n) is 9.18. The highest BCUT2D eigenvalue weighted by atomic mass is 28.4. The summed E-state index contributed by atoms with van der Waals surface area (Å²) in [7, 11) is -0.106. The van der Waals surface area contributed by atoms with Gasteiger partial charge in [-0.2, -0.15) is 0 Å². The molecule has 0 amide bonds. The van der Waals surface area contributed by atoms with Gasteiger partial charge in [0.05, 0.1) is 25.9 Å². The Kier molecular flexibility index (Phi) is 10.7. The van der Waals surface area contributed by atoms with Crippen LogP contribution in [0.4, 0.5) is 0 Å². The smallest absolute Gasteiger partial charge is 0.192 e. The number of methoxy groups -OCH3 is 1. The molecule has 2 rings (SSSR count). The quantitative estimate of drug-likeness (QED) is 0.245. The van der Waals surface area contributed by atoms with Crippen LogP contribution in [-0.2, 0) is 13.9 Å². The van der Waals surface area contributed by atoms with Crippen molar-refractivity contribution >= 4 is 8.32 Å². The zero-order valence-corrected chi connectivity index (χ0v) is 22.2. The molecule has 1 aromatic carbocycles. The maximum atomic E-state index is 7.10. The topological polar surface area (TPSA) is 36.9 Å². The van der Waals surface area contributed by atoms with E-state index in [2.05, 4.69) is 54.2 Å². The summed E-state index contributed by atoms with van der Waals surface area (Å²) in [4.78, 5) is 0. The molecule has 1 aromatic rings. The van der Waals surface area contributed by atoms with E-state index in [1.807, 2.05) is 36.4 Å². The summed E-state index contributed by atoms with van der Waals surface area (Å²) < 4.78 is 25.1. The summed E-state index contributed by atoms with van der Waals surface area (Å²) >= 11 is 0. The standard InChI is InChI=1S/C27H44O4Si/c1-9-13-14-20(5)26(31-32(10-2,11-3)12-4)22(7)25-21(6)19-29-27(30-25)23-15-17-24(28-8)18-16-23/h9,13-18,20-22,25-27H,1,10-12,19H2,2-8H3/b14-13-/t20-,21?,22?,25?,26?,27?/m0/s1. The third-order valence-corrected chi connectivity index (χ3v) is 11.8. The number of benzene rings is 1. The van der Waals surface area contributed by atoms with Gasteiger partial charge in [-0.15, -0.1) is 0 Å². The number of hydrogen-bond acceptors (Lipinski definition) is 4. The van der Waals surface area contributed by atoms with Gasteiger partial charge in [-0.25, -0.2) is 0 Å². The van der Waals surface area contributed by atoms with E-state index in [9.17, 15) is 0 Å². The lowest BCUT2D eigenvalue weighted by molar-refractivity contribution is -0.256. The van der Waals surface area contributed by atoms with Gasteiger partial charge < -0.3 is 18.6 Å². The Bertz CT molecular complexity index is 705. The first kappa shape index (κ1) is 26.8. The molecule has 0 saturated carbocycles. The van der Waals surface area contributed by atoms with Gasteiger partial charge in [-0.3, -0.25) is 0 Å². The molecule has 4 nitrogen and oxygen atoms in total. The molecule has 32 heavy (non-hydrogen) atoms. The van der Waals surface area contributed by atoms with E-state index in [4.69, 9.17) is 18.6 Å². The first-order valence-electron chi connectivity index (χ1n) is 12.2. The maximum absolute atomic E-state index is 7.10. The van der Waals surface area contributed by atoms with Crippen LogP contribution in [0.3, 0.4) is 0 Å². The minimum absolute atomic E-state index is 0.0534. The molecule has 0 aromatic heterocycles. The summed E-state index contributed by atoms with van der Waals surface area (Å²) in [6, 6.07) is 11.4. The van der Waals surface area contributed by atoms with Crippen molar-refractivity contribution in [3.8, 4) is 5.75 Å². The molecule has 5 heteroatoms. The Morgan fingerprint density at radius 1 is 1.12 bits per heavy atom. The molecule has 1 aliphatic rings. The fourth-order valence-corrected chi connectivity index (χ4v) is 7.77. The van der Waals surface area contributed by atoms with E-state index >= 15 is 0 Å². The highest BCUT2D eigenvalue weighted by Gasteiger charge is 2.42. The third kappa shape index (κ3) is 6.57. The summed E-state index contributed by atoms with van der Waals surface area (Å²) in [5, 5.41) is 0. The van der Waals surface area contributed by atoms with Gasteiger partial charge in [0.25, 0.3) is 0 Å². The fourth-order valence-electron chi connectivity index (χ4n) is 4.76. The van der Waals surface area contributed by atoms with E-state index in [1.54, 1.807) is 7.11 Å². The van der Waals surface area contributed by atoms with Gasteiger partial charge in [-0.1, -0.05) is 78.5 Å². The van der Waals surface area contributed by atoms with Gasteiger partial charge in [0.1, 0.15) is 5.75 Å². The van der Waals surface area contributed by atoms with Crippen LogP contribution in [0.1, 0.15) is 53.4 Å².